The van der Waals surface area contributed by atoms with Crippen molar-refractivity contribution in [2.45, 2.75) is 30.8 Å². The van der Waals surface area contributed by atoms with E-state index in [9.17, 15) is 8.42 Å². The highest BCUT2D eigenvalue weighted by molar-refractivity contribution is 7.89. The minimum atomic E-state index is -3.69. The Kier molecular flexibility index (Phi) is 4.84. The molecule has 6 heteroatoms. The fourth-order valence-corrected chi connectivity index (χ4v) is 5.97. The van der Waals surface area contributed by atoms with Gasteiger partial charge < -0.3 is 9.72 Å². The Hall–Kier alpha value is -3.09. The lowest BCUT2D eigenvalue weighted by Crippen LogP contribution is -2.38. The lowest BCUT2D eigenvalue weighted by molar-refractivity contribution is 0.294. The number of nitrogens with one attached hydrogen (secondary N) is 1. The van der Waals surface area contributed by atoms with Gasteiger partial charge in [0.25, 0.3) is 0 Å². The van der Waals surface area contributed by atoms with Crippen LogP contribution in [0.25, 0.3) is 10.9 Å². The molecule has 0 saturated heterocycles. The summed E-state index contributed by atoms with van der Waals surface area (Å²) in [5.74, 6) is 0.750. The highest BCUT2D eigenvalue weighted by atomic mass is 32.2. The number of methoxy groups -OCH3 is 1. The Bertz CT molecular complexity index is 1340. The average Bonchev–Trinajstić information content (AvgIpc) is 3.16. The SMILES string of the molecule is COc1ccc(C2Cc3c([nH]c4ccccc34)CN2S(=O)(=O)c2ccc(C)cc2)cc1. The van der Waals surface area contributed by atoms with E-state index in [1.165, 1.54) is 5.56 Å². The van der Waals surface area contributed by atoms with Crippen molar-refractivity contribution >= 4 is 20.9 Å². The molecule has 0 bridgehead atoms. The van der Waals surface area contributed by atoms with Crippen LogP contribution in [0.5, 0.6) is 5.75 Å². The monoisotopic (exact) mass is 432 g/mol. The number of H-pyrrole nitrogens is 1. The van der Waals surface area contributed by atoms with Crippen molar-refractivity contribution in [2.75, 3.05) is 7.11 Å². The van der Waals surface area contributed by atoms with Crippen molar-refractivity contribution in [2.24, 2.45) is 0 Å². The second-order valence-corrected chi connectivity index (χ2v) is 9.87. The smallest absolute Gasteiger partial charge is 0.243 e. The van der Waals surface area contributed by atoms with Gasteiger partial charge in [0.05, 0.1) is 24.6 Å². The van der Waals surface area contributed by atoms with Crippen LogP contribution in [0.1, 0.15) is 28.4 Å². The van der Waals surface area contributed by atoms with Gasteiger partial charge in [-0.1, -0.05) is 48.0 Å². The maximum absolute atomic E-state index is 13.7. The average molecular weight is 433 g/mol. The molecule has 158 valence electrons. The number of hydrogen-bond acceptors (Lipinski definition) is 3. The third kappa shape index (κ3) is 3.42. The van der Waals surface area contributed by atoms with E-state index in [1.54, 1.807) is 23.5 Å². The predicted octanol–water partition coefficient (Wildman–Crippen LogP) is 4.97. The van der Waals surface area contributed by atoms with Gasteiger partial charge in [-0.15, -0.1) is 0 Å². The summed E-state index contributed by atoms with van der Waals surface area (Å²) in [6.45, 7) is 2.26. The minimum Gasteiger partial charge on any atom is -0.497 e. The molecule has 1 unspecified atom stereocenters. The Morgan fingerprint density at radius 2 is 1.68 bits per heavy atom. The highest BCUT2D eigenvalue weighted by Crippen LogP contribution is 2.40. The van der Waals surface area contributed by atoms with Gasteiger partial charge in [-0.2, -0.15) is 4.31 Å². The van der Waals surface area contributed by atoms with E-state index in [2.05, 4.69) is 11.1 Å². The Morgan fingerprint density at radius 3 is 2.39 bits per heavy atom. The van der Waals surface area contributed by atoms with E-state index in [1.807, 2.05) is 61.5 Å². The second kappa shape index (κ2) is 7.55. The first-order chi connectivity index (χ1) is 15.0. The van der Waals surface area contributed by atoms with Gasteiger partial charge in [-0.05, 0) is 54.8 Å². The number of para-hydroxylation sites is 1. The predicted molar refractivity (Wildman–Crippen MR) is 122 cm³/mol. The van der Waals surface area contributed by atoms with Gasteiger partial charge in [0.2, 0.25) is 10.0 Å². The molecule has 0 aliphatic carbocycles. The topological polar surface area (TPSA) is 62.4 Å². The normalized spacial score (nSPS) is 16.9. The molecule has 1 aliphatic heterocycles. The lowest BCUT2D eigenvalue weighted by atomic mass is 9.93. The minimum absolute atomic E-state index is 0.302. The first-order valence-electron chi connectivity index (χ1n) is 10.3. The maximum atomic E-state index is 13.7. The van der Waals surface area contributed by atoms with E-state index in [4.69, 9.17) is 4.74 Å². The molecule has 1 aromatic heterocycles. The molecule has 0 fully saturated rings. The molecular formula is C25H24N2O3S. The fraction of sp³-hybridized carbons (Fsp3) is 0.200. The standard InChI is InChI=1S/C25H24N2O3S/c1-17-7-13-20(14-8-17)31(28,29)27-16-24-22(21-5-3-4-6-23(21)26-24)15-25(27)18-9-11-19(30-2)12-10-18/h3-14,25-26H,15-16H2,1-2H3. The first kappa shape index (κ1) is 19.8. The van der Waals surface area contributed by atoms with Crippen LogP contribution < -0.4 is 4.74 Å². The molecule has 2 heterocycles. The van der Waals surface area contributed by atoms with E-state index in [-0.39, 0.29) is 6.04 Å². The molecule has 1 N–H and O–H groups in total. The Morgan fingerprint density at radius 1 is 0.968 bits per heavy atom. The Balaban J connectivity index is 1.64. The molecule has 5 nitrogen and oxygen atoms in total. The number of fused-ring (bicyclic) bond motifs is 3. The van der Waals surface area contributed by atoms with Crippen molar-refractivity contribution in [1.82, 2.24) is 9.29 Å². The second-order valence-electron chi connectivity index (χ2n) is 7.98. The van der Waals surface area contributed by atoms with Crippen molar-refractivity contribution in [3.8, 4) is 5.75 Å². The number of aryl methyl sites for hydroxylation is 1. The van der Waals surface area contributed by atoms with Crippen LogP contribution in [0.15, 0.2) is 77.7 Å². The van der Waals surface area contributed by atoms with Crippen molar-refractivity contribution < 1.29 is 13.2 Å². The molecule has 0 radical (unpaired) electrons. The summed E-state index contributed by atoms with van der Waals surface area (Å²) in [5, 5.41) is 1.16. The number of benzene rings is 3. The van der Waals surface area contributed by atoms with Crippen molar-refractivity contribution in [3.63, 3.8) is 0 Å². The summed E-state index contributed by atoms with van der Waals surface area (Å²) in [6, 6.07) is 22.6. The molecular weight excluding hydrogens is 408 g/mol. The van der Waals surface area contributed by atoms with E-state index >= 15 is 0 Å². The fourth-order valence-electron chi connectivity index (χ4n) is 4.39. The quantitative estimate of drug-likeness (QED) is 0.495. The zero-order valence-corrected chi connectivity index (χ0v) is 18.3. The third-order valence-electron chi connectivity index (χ3n) is 6.09. The van der Waals surface area contributed by atoms with E-state index < -0.39 is 10.0 Å². The number of rotatable bonds is 4. The number of sulfonamides is 1. The zero-order valence-electron chi connectivity index (χ0n) is 17.5. The van der Waals surface area contributed by atoms with Gasteiger partial charge in [0.15, 0.2) is 0 Å². The van der Waals surface area contributed by atoms with E-state index in [0.29, 0.717) is 17.9 Å². The van der Waals surface area contributed by atoms with Crippen LogP contribution in [0, 0.1) is 6.92 Å². The van der Waals surface area contributed by atoms with Crippen LogP contribution in [-0.4, -0.2) is 24.8 Å². The highest BCUT2D eigenvalue weighted by Gasteiger charge is 2.38. The van der Waals surface area contributed by atoms with Crippen LogP contribution in [-0.2, 0) is 23.0 Å². The van der Waals surface area contributed by atoms with Gasteiger partial charge >= 0.3 is 0 Å². The number of nitrogens with zero attached hydrogens (tertiary/aromatic N) is 1. The van der Waals surface area contributed by atoms with Crippen LogP contribution in [0.2, 0.25) is 0 Å². The first-order valence-corrected chi connectivity index (χ1v) is 11.7. The Labute approximate surface area is 182 Å². The lowest BCUT2D eigenvalue weighted by Gasteiger charge is -2.35. The molecule has 0 amide bonds. The zero-order chi connectivity index (χ0) is 21.6. The molecule has 1 aliphatic rings. The summed E-state index contributed by atoms with van der Waals surface area (Å²) in [6.07, 6.45) is 0.608. The summed E-state index contributed by atoms with van der Waals surface area (Å²) in [7, 11) is -2.06. The summed E-state index contributed by atoms with van der Waals surface area (Å²) in [4.78, 5) is 3.76. The third-order valence-corrected chi connectivity index (χ3v) is 7.96. The molecule has 4 aromatic rings. The van der Waals surface area contributed by atoms with Gasteiger partial charge in [0, 0.05) is 16.6 Å². The summed E-state index contributed by atoms with van der Waals surface area (Å²) < 4.78 is 34.4. The number of ether oxygens (including phenoxy) is 1. The van der Waals surface area contributed by atoms with Crippen molar-refractivity contribution in [1.29, 1.82) is 0 Å². The van der Waals surface area contributed by atoms with Gasteiger partial charge in [-0.25, -0.2) is 8.42 Å². The number of aromatic amines is 1. The maximum Gasteiger partial charge on any atom is 0.243 e. The van der Waals surface area contributed by atoms with Gasteiger partial charge in [-0.3, -0.25) is 0 Å². The molecule has 0 spiro atoms. The van der Waals surface area contributed by atoms with Crippen LogP contribution in [0.3, 0.4) is 0 Å². The molecule has 31 heavy (non-hydrogen) atoms. The van der Waals surface area contributed by atoms with Crippen LogP contribution in [0.4, 0.5) is 0 Å². The largest absolute Gasteiger partial charge is 0.497 e. The van der Waals surface area contributed by atoms with Crippen molar-refractivity contribution in [3.05, 3.63) is 95.2 Å². The molecule has 1 atom stereocenters. The molecule has 3 aromatic carbocycles. The molecule has 5 rings (SSSR count). The summed E-state index contributed by atoms with van der Waals surface area (Å²) >= 11 is 0. The van der Waals surface area contributed by atoms with Crippen LogP contribution >= 0.6 is 0 Å². The van der Waals surface area contributed by atoms with Gasteiger partial charge in [0.1, 0.15) is 5.75 Å². The number of aromatic nitrogens is 1. The number of hydrogen-bond donors (Lipinski definition) is 1. The molecule has 0 saturated carbocycles. The summed E-state index contributed by atoms with van der Waals surface area (Å²) in [5.41, 5.74) is 5.17. The van der Waals surface area contributed by atoms with E-state index in [0.717, 1.165) is 33.5 Å².